The van der Waals surface area contributed by atoms with E-state index in [9.17, 15) is 0 Å². The molecule has 192 valence electrons. The highest BCUT2D eigenvalue weighted by Gasteiger charge is 2.20. The maximum Gasteiger partial charge on any atom is 0.233 e. The second kappa shape index (κ2) is 15.1. The number of nitrogens with zero attached hydrogens (tertiary/aromatic N) is 6. The molecule has 0 spiro atoms. The van der Waals surface area contributed by atoms with Gasteiger partial charge in [-0.2, -0.15) is 10.1 Å². The number of nitrogens with one attached hydrogen (secondary N) is 2. The number of hydrazone groups is 1. The van der Waals surface area contributed by atoms with Crippen LogP contribution in [-0.4, -0.2) is 41.7 Å². The molecule has 0 atom stereocenters. The van der Waals surface area contributed by atoms with Crippen LogP contribution in [0, 0.1) is 5.92 Å². The van der Waals surface area contributed by atoms with Gasteiger partial charge in [-0.1, -0.05) is 39.8 Å². The minimum atomic E-state index is 0.655. The summed E-state index contributed by atoms with van der Waals surface area (Å²) in [4.78, 5) is 14.5. The lowest BCUT2D eigenvalue weighted by atomic mass is 10.1. The van der Waals surface area contributed by atoms with Gasteiger partial charge in [0.1, 0.15) is 11.3 Å². The average Bonchev–Trinajstić information content (AvgIpc) is 3.70. The van der Waals surface area contributed by atoms with Crippen LogP contribution in [0.15, 0.2) is 45.4 Å². The Kier molecular flexibility index (Phi) is 12.2. The van der Waals surface area contributed by atoms with Gasteiger partial charge in [0.2, 0.25) is 5.95 Å². The number of aromatic nitrogens is 2. The quantitative estimate of drug-likeness (QED) is 0.260. The zero-order valence-electron chi connectivity index (χ0n) is 22.7. The van der Waals surface area contributed by atoms with Crippen molar-refractivity contribution < 1.29 is 0 Å². The number of amidine groups is 1. The summed E-state index contributed by atoms with van der Waals surface area (Å²) in [6.45, 7) is 14.7. The third-order valence-corrected chi connectivity index (χ3v) is 5.35. The third-order valence-electron chi connectivity index (χ3n) is 5.35. The zero-order valence-corrected chi connectivity index (χ0v) is 22.7. The first-order valence-electron chi connectivity index (χ1n) is 13.1. The van der Waals surface area contributed by atoms with Crippen LogP contribution in [0.2, 0.25) is 0 Å². The van der Waals surface area contributed by atoms with Crippen LogP contribution in [0.3, 0.4) is 0 Å². The molecule has 2 aromatic rings. The highest BCUT2D eigenvalue weighted by Crippen LogP contribution is 2.27. The van der Waals surface area contributed by atoms with Crippen molar-refractivity contribution in [3.05, 3.63) is 35.8 Å². The number of hydrogen-bond acceptors (Lipinski definition) is 6. The van der Waals surface area contributed by atoms with Crippen LogP contribution >= 0.6 is 0 Å². The molecule has 1 aliphatic rings. The molecule has 8 heteroatoms. The van der Waals surface area contributed by atoms with E-state index in [-0.39, 0.29) is 0 Å². The van der Waals surface area contributed by atoms with Gasteiger partial charge in [-0.25, -0.2) is 10.4 Å². The SMILES string of the molecule is CC.CC/C=N\N(C)c1cccc(-c2cc(=NCC)n(CCC)c(/N=C(\C)NNCC3CC3)n2)c1. The van der Waals surface area contributed by atoms with Gasteiger partial charge in [0.15, 0.2) is 0 Å². The number of aliphatic imine (C=N–C) groups is 1. The molecule has 3 rings (SSSR count). The van der Waals surface area contributed by atoms with Crippen LogP contribution in [0.1, 0.15) is 67.2 Å². The molecular formula is C27H44N8. The van der Waals surface area contributed by atoms with E-state index in [1.807, 2.05) is 51.2 Å². The van der Waals surface area contributed by atoms with Crippen molar-refractivity contribution in [2.75, 3.05) is 25.1 Å². The fourth-order valence-corrected chi connectivity index (χ4v) is 3.43. The van der Waals surface area contributed by atoms with E-state index in [2.05, 4.69) is 59.5 Å². The van der Waals surface area contributed by atoms with E-state index in [1.165, 1.54) is 12.8 Å². The fraction of sp³-hybridized carbons (Fsp3) is 0.556. The summed E-state index contributed by atoms with van der Waals surface area (Å²) in [5.41, 5.74) is 10.3. The monoisotopic (exact) mass is 480 g/mol. The molecule has 0 saturated heterocycles. The van der Waals surface area contributed by atoms with Crippen LogP contribution < -0.4 is 21.3 Å². The van der Waals surface area contributed by atoms with Crippen molar-refractivity contribution in [2.24, 2.45) is 21.0 Å². The molecule has 1 aromatic carbocycles. The lowest BCUT2D eigenvalue weighted by Gasteiger charge is -2.16. The molecule has 0 bridgehead atoms. The van der Waals surface area contributed by atoms with Gasteiger partial charge in [-0.3, -0.25) is 14.6 Å². The van der Waals surface area contributed by atoms with E-state index in [0.717, 1.165) is 60.1 Å². The second-order valence-electron chi connectivity index (χ2n) is 8.35. The number of benzene rings is 1. The molecule has 0 aliphatic heterocycles. The Hall–Kier alpha value is -3.00. The number of anilines is 1. The maximum absolute atomic E-state index is 4.95. The molecule has 1 fully saturated rings. The molecule has 1 saturated carbocycles. The van der Waals surface area contributed by atoms with Crippen LogP contribution in [0.5, 0.6) is 0 Å². The van der Waals surface area contributed by atoms with E-state index in [0.29, 0.717) is 12.5 Å². The average molecular weight is 481 g/mol. The Morgan fingerprint density at radius 3 is 2.63 bits per heavy atom. The predicted molar refractivity (Wildman–Crippen MR) is 149 cm³/mol. The van der Waals surface area contributed by atoms with Gasteiger partial charge in [-0.05, 0) is 57.6 Å². The van der Waals surface area contributed by atoms with E-state index in [4.69, 9.17) is 15.0 Å². The molecule has 1 aromatic heterocycles. The maximum atomic E-state index is 4.95. The van der Waals surface area contributed by atoms with Crippen molar-refractivity contribution >= 4 is 23.7 Å². The molecule has 35 heavy (non-hydrogen) atoms. The minimum absolute atomic E-state index is 0.655. The second-order valence-corrected chi connectivity index (χ2v) is 8.35. The Labute approximate surface area is 211 Å². The van der Waals surface area contributed by atoms with Crippen molar-refractivity contribution in [1.82, 2.24) is 20.4 Å². The van der Waals surface area contributed by atoms with E-state index < -0.39 is 0 Å². The standard InChI is InChI=1S/C25H38N8.C2H6/c1-6-14-28-32(5)22-11-9-10-21(16-22)23-17-24(26-8-3)33(15-7-2)25(30-23)29-19(4)31-27-18-20-12-13-20;1-2/h9-11,14,16-17,20,27H,6-8,12-13,15,18H2,1-5H3,(H,29,30,31);1-2H3/b26-24?,28-14-;. The molecule has 2 N–H and O–H groups in total. The summed E-state index contributed by atoms with van der Waals surface area (Å²) in [6.07, 6.45) is 6.39. The number of hydrazine groups is 1. The van der Waals surface area contributed by atoms with Crippen molar-refractivity contribution in [3.8, 4) is 11.3 Å². The summed E-state index contributed by atoms with van der Waals surface area (Å²) in [5.74, 6) is 2.23. The normalized spacial score (nSPS) is 14.1. The molecule has 1 heterocycles. The zero-order chi connectivity index (χ0) is 25.6. The molecule has 0 amide bonds. The Morgan fingerprint density at radius 1 is 1.20 bits per heavy atom. The fourth-order valence-electron chi connectivity index (χ4n) is 3.43. The highest BCUT2D eigenvalue weighted by molar-refractivity contribution is 5.81. The van der Waals surface area contributed by atoms with Crippen molar-refractivity contribution in [3.63, 3.8) is 0 Å². The molecule has 0 unspecified atom stereocenters. The first-order valence-corrected chi connectivity index (χ1v) is 13.1. The summed E-state index contributed by atoms with van der Waals surface area (Å²) in [7, 11) is 1.95. The van der Waals surface area contributed by atoms with Gasteiger partial charge in [0, 0.05) is 44.5 Å². The smallest absolute Gasteiger partial charge is 0.233 e. The third kappa shape index (κ3) is 8.94. The van der Waals surface area contributed by atoms with Gasteiger partial charge in [0.25, 0.3) is 0 Å². The van der Waals surface area contributed by atoms with E-state index >= 15 is 0 Å². The topological polar surface area (TPSA) is 82.2 Å². The Balaban J connectivity index is 0.00000210. The highest BCUT2D eigenvalue weighted by atomic mass is 15.4. The summed E-state index contributed by atoms with van der Waals surface area (Å²) >= 11 is 0. The summed E-state index contributed by atoms with van der Waals surface area (Å²) in [5, 5.41) is 6.34. The molecular weight excluding hydrogens is 436 g/mol. The largest absolute Gasteiger partial charge is 0.309 e. The van der Waals surface area contributed by atoms with Gasteiger partial charge < -0.3 is 5.43 Å². The minimum Gasteiger partial charge on any atom is -0.309 e. The van der Waals surface area contributed by atoms with Crippen molar-refractivity contribution in [2.45, 2.75) is 73.8 Å². The number of hydrogen-bond donors (Lipinski definition) is 2. The Bertz CT molecular complexity index is 1030. The van der Waals surface area contributed by atoms with Crippen LogP contribution in [0.4, 0.5) is 11.6 Å². The van der Waals surface area contributed by atoms with Crippen LogP contribution in [-0.2, 0) is 6.54 Å². The van der Waals surface area contributed by atoms with Gasteiger partial charge >= 0.3 is 0 Å². The lowest BCUT2D eigenvalue weighted by molar-refractivity contribution is 0.603. The van der Waals surface area contributed by atoms with Gasteiger partial charge in [-0.15, -0.1) is 0 Å². The first-order chi connectivity index (χ1) is 17.0. The Morgan fingerprint density at radius 2 is 1.97 bits per heavy atom. The van der Waals surface area contributed by atoms with E-state index in [1.54, 1.807) is 0 Å². The predicted octanol–water partition coefficient (Wildman–Crippen LogP) is 5.29. The lowest BCUT2D eigenvalue weighted by Crippen LogP contribution is -2.37. The summed E-state index contributed by atoms with van der Waals surface area (Å²) < 4.78 is 2.10. The van der Waals surface area contributed by atoms with Gasteiger partial charge in [0.05, 0.1) is 11.4 Å². The first kappa shape index (κ1) is 28.2. The molecule has 0 radical (unpaired) electrons. The number of rotatable bonds is 11. The molecule has 8 nitrogen and oxygen atoms in total. The summed E-state index contributed by atoms with van der Waals surface area (Å²) in [6, 6.07) is 10.3. The van der Waals surface area contributed by atoms with Crippen molar-refractivity contribution in [1.29, 1.82) is 0 Å². The molecule has 1 aliphatic carbocycles. The van der Waals surface area contributed by atoms with Crippen LogP contribution in [0.25, 0.3) is 11.3 Å².